The Morgan fingerprint density at radius 3 is 2.88 bits per heavy atom. The van der Waals surface area contributed by atoms with Gasteiger partial charge in [-0.2, -0.15) is 0 Å². The Morgan fingerprint density at radius 2 is 2.18 bits per heavy atom. The van der Waals surface area contributed by atoms with Crippen molar-refractivity contribution in [3.8, 4) is 0 Å². The average molecular weight is 317 g/mol. The van der Waals surface area contributed by atoms with Crippen LogP contribution in [0.3, 0.4) is 0 Å². The molecule has 0 bridgehead atoms. The van der Waals surface area contributed by atoms with Gasteiger partial charge in [0, 0.05) is 18.4 Å². The first-order chi connectivity index (χ1) is 8.20. The molecule has 0 amide bonds. The summed E-state index contributed by atoms with van der Waals surface area (Å²) in [6.45, 7) is 4.62. The van der Waals surface area contributed by atoms with Gasteiger partial charge in [-0.15, -0.1) is 0 Å². The first kappa shape index (κ1) is 13.2. The van der Waals surface area contributed by atoms with Crippen molar-refractivity contribution >= 4 is 33.2 Å². The van der Waals surface area contributed by atoms with Crippen molar-refractivity contribution in [2.45, 2.75) is 31.5 Å². The highest BCUT2D eigenvalue weighted by atomic mass is 79.9. The minimum absolute atomic E-state index is 0.848. The molecular weight excluding hydrogens is 298 g/mol. The van der Waals surface area contributed by atoms with Crippen molar-refractivity contribution < 1.29 is 0 Å². The maximum atomic E-state index is 6.37. The summed E-state index contributed by atoms with van der Waals surface area (Å²) in [5, 5.41) is 1.75. The summed E-state index contributed by atoms with van der Waals surface area (Å²) in [4.78, 5) is 2.43. The molecule has 1 aliphatic heterocycles. The van der Waals surface area contributed by atoms with E-state index in [1.165, 1.54) is 30.5 Å². The van der Waals surface area contributed by atoms with Crippen molar-refractivity contribution in [3.05, 3.63) is 28.8 Å². The van der Waals surface area contributed by atoms with E-state index in [2.05, 4.69) is 46.0 Å². The van der Waals surface area contributed by atoms with Crippen LogP contribution in [-0.2, 0) is 5.33 Å². The molecule has 1 unspecified atom stereocenters. The lowest BCUT2D eigenvalue weighted by Gasteiger charge is -2.24. The smallest absolute Gasteiger partial charge is 0.0642 e. The fourth-order valence-corrected chi connectivity index (χ4v) is 3.07. The Morgan fingerprint density at radius 1 is 1.35 bits per heavy atom. The molecule has 3 heteroatoms. The molecule has 0 spiro atoms. The quantitative estimate of drug-likeness (QED) is 0.704. The standard InChI is InChI=1S/C14H19BrClN/c1-11-3-2-7-17(8-6-11)14-5-4-12(10-15)9-13(14)16/h4-5,9,11H,2-3,6-8,10H2,1H3. The predicted molar refractivity (Wildman–Crippen MR) is 79.3 cm³/mol. The third kappa shape index (κ3) is 3.38. The second-order valence-electron chi connectivity index (χ2n) is 4.94. The summed E-state index contributed by atoms with van der Waals surface area (Å²) in [6.07, 6.45) is 3.89. The third-order valence-corrected chi connectivity index (χ3v) is 4.47. The normalized spacial score (nSPS) is 21.4. The molecule has 1 fully saturated rings. The number of hydrogen-bond donors (Lipinski definition) is 0. The largest absolute Gasteiger partial charge is 0.370 e. The van der Waals surface area contributed by atoms with Crippen molar-refractivity contribution in [1.29, 1.82) is 0 Å². The minimum atomic E-state index is 0.848. The van der Waals surface area contributed by atoms with Crippen LogP contribution in [0.5, 0.6) is 0 Å². The zero-order valence-corrected chi connectivity index (χ0v) is 12.6. The van der Waals surface area contributed by atoms with Gasteiger partial charge in [0.2, 0.25) is 0 Å². The van der Waals surface area contributed by atoms with Gasteiger partial charge in [0.1, 0.15) is 0 Å². The first-order valence-corrected chi connectivity index (χ1v) is 7.80. The molecule has 1 heterocycles. The molecule has 2 rings (SSSR count). The summed E-state index contributed by atoms with van der Waals surface area (Å²) >= 11 is 9.83. The molecule has 1 saturated heterocycles. The van der Waals surface area contributed by atoms with Crippen LogP contribution in [0.1, 0.15) is 31.7 Å². The van der Waals surface area contributed by atoms with E-state index in [0.29, 0.717) is 0 Å². The van der Waals surface area contributed by atoms with E-state index in [-0.39, 0.29) is 0 Å². The molecule has 0 aliphatic carbocycles. The van der Waals surface area contributed by atoms with Gasteiger partial charge in [0.25, 0.3) is 0 Å². The van der Waals surface area contributed by atoms with Gasteiger partial charge in [0.15, 0.2) is 0 Å². The van der Waals surface area contributed by atoms with Crippen molar-refractivity contribution in [3.63, 3.8) is 0 Å². The van der Waals surface area contributed by atoms with Gasteiger partial charge in [-0.05, 0) is 42.9 Å². The Kier molecular flexibility index (Phi) is 4.75. The highest BCUT2D eigenvalue weighted by molar-refractivity contribution is 9.08. The van der Waals surface area contributed by atoms with Crippen molar-refractivity contribution in [2.75, 3.05) is 18.0 Å². The fraction of sp³-hybridized carbons (Fsp3) is 0.571. The average Bonchev–Trinajstić information content (AvgIpc) is 2.54. The summed E-state index contributed by atoms with van der Waals surface area (Å²) in [5.41, 5.74) is 2.44. The van der Waals surface area contributed by atoms with Crippen LogP contribution in [-0.4, -0.2) is 13.1 Å². The molecule has 1 aromatic rings. The summed E-state index contributed by atoms with van der Waals surface area (Å²) in [7, 11) is 0. The van der Waals surface area contributed by atoms with Gasteiger partial charge in [0.05, 0.1) is 10.7 Å². The maximum absolute atomic E-state index is 6.37. The molecule has 17 heavy (non-hydrogen) atoms. The number of benzene rings is 1. The zero-order chi connectivity index (χ0) is 12.3. The lowest BCUT2D eigenvalue weighted by atomic mass is 10.0. The van der Waals surface area contributed by atoms with Gasteiger partial charge < -0.3 is 4.90 Å². The molecule has 1 aliphatic rings. The molecule has 1 nitrogen and oxygen atoms in total. The Labute approximate surface area is 117 Å². The molecule has 1 atom stereocenters. The van der Waals surface area contributed by atoms with E-state index >= 15 is 0 Å². The van der Waals surface area contributed by atoms with E-state index in [1.54, 1.807) is 0 Å². The Hall–Kier alpha value is -0.210. The van der Waals surface area contributed by atoms with Crippen LogP contribution in [0.2, 0.25) is 5.02 Å². The SMILES string of the molecule is CC1CCCN(c2ccc(CBr)cc2Cl)CC1. The molecule has 0 radical (unpaired) electrons. The monoisotopic (exact) mass is 315 g/mol. The van der Waals surface area contributed by atoms with E-state index in [9.17, 15) is 0 Å². The fourth-order valence-electron chi connectivity index (χ4n) is 2.39. The van der Waals surface area contributed by atoms with Crippen LogP contribution < -0.4 is 4.90 Å². The number of anilines is 1. The van der Waals surface area contributed by atoms with E-state index in [0.717, 1.165) is 29.4 Å². The van der Waals surface area contributed by atoms with E-state index in [4.69, 9.17) is 11.6 Å². The molecular formula is C14H19BrClN. The van der Waals surface area contributed by atoms with Crippen molar-refractivity contribution in [1.82, 2.24) is 0 Å². The summed E-state index contributed by atoms with van der Waals surface area (Å²) in [5.74, 6) is 0.848. The number of nitrogens with zero attached hydrogens (tertiary/aromatic N) is 1. The Bertz CT molecular complexity index is 380. The summed E-state index contributed by atoms with van der Waals surface area (Å²) < 4.78 is 0. The number of alkyl halides is 1. The highest BCUT2D eigenvalue weighted by Crippen LogP contribution is 2.30. The Balaban J connectivity index is 2.15. The van der Waals surface area contributed by atoms with Crippen LogP contribution in [0.25, 0.3) is 0 Å². The minimum Gasteiger partial charge on any atom is -0.370 e. The molecule has 1 aromatic carbocycles. The molecule has 94 valence electrons. The second kappa shape index (κ2) is 6.10. The lowest BCUT2D eigenvalue weighted by Crippen LogP contribution is -2.24. The van der Waals surface area contributed by atoms with Crippen LogP contribution in [0, 0.1) is 5.92 Å². The highest BCUT2D eigenvalue weighted by Gasteiger charge is 2.16. The number of halogens is 2. The molecule has 0 aromatic heterocycles. The van der Waals surface area contributed by atoms with E-state index < -0.39 is 0 Å². The zero-order valence-electron chi connectivity index (χ0n) is 10.3. The van der Waals surface area contributed by atoms with Gasteiger partial charge in [-0.25, -0.2) is 0 Å². The molecule has 0 N–H and O–H groups in total. The maximum Gasteiger partial charge on any atom is 0.0642 e. The van der Waals surface area contributed by atoms with Gasteiger partial charge in [-0.1, -0.05) is 40.5 Å². The van der Waals surface area contributed by atoms with Crippen LogP contribution >= 0.6 is 27.5 Å². The lowest BCUT2D eigenvalue weighted by molar-refractivity contribution is 0.521. The molecule has 0 saturated carbocycles. The second-order valence-corrected chi connectivity index (χ2v) is 5.91. The van der Waals surface area contributed by atoms with Crippen LogP contribution in [0.4, 0.5) is 5.69 Å². The first-order valence-electron chi connectivity index (χ1n) is 6.30. The van der Waals surface area contributed by atoms with Crippen LogP contribution in [0.15, 0.2) is 18.2 Å². The third-order valence-electron chi connectivity index (χ3n) is 3.52. The number of hydrogen-bond acceptors (Lipinski definition) is 1. The summed E-state index contributed by atoms with van der Waals surface area (Å²) in [6, 6.07) is 6.39. The van der Waals surface area contributed by atoms with Crippen molar-refractivity contribution in [2.24, 2.45) is 5.92 Å². The predicted octanol–water partition coefficient (Wildman–Crippen LogP) is 4.86. The van der Waals surface area contributed by atoms with E-state index in [1.807, 2.05) is 0 Å². The topological polar surface area (TPSA) is 3.24 Å². The number of rotatable bonds is 2. The van der Waals surface area contributed by atoms with Gasteiger partial charge in [-0.3, -0.25) is 0 Å². The van der Waals surface area contributed by atoms with Gasteiger partial charge >= 0.3 is 0 Å².